The average molecular weight is 430 g/mol. The maximum atomic E-state index is 11.8. The molecule has 8 heteroatoms. The van der Waals surface area contributed by atoms with Crippen molar-refractivity contribution in [2.45, 2.75) is 43.0 Å². The third-order valence-corrected chi connectivity index (χ3v) is 7.24. The molecule has 1 amide bonds. The molecule has 4 rings (SSSR count). The van der Waals surface area contributed by atoms with E-state index in [1.807, 2.05) is 12.3 Å². The first-order chi connectivity index (χ1) is 14.3. The molecule has 7 nitrogen and oxygen atoms in total. The van der Waals surface area contributed by atoms with Gasteiger partial charge in [0.2, 0.25) is 0 Å². The Hall–Kier alpha value is -2.61. The minimum Gasteiger partial charge on any atom is -0.465 e. The molecule has 1 aromatic carbocycles. The second-order valence-electron chi connectivity index (χ2n) is 8.21. The second kappa shape index (κ2) is 8.26. The second-order valence-corrected chi connectivity index (χ2v) is 10.2. The minimum atomic E-state index is -3.20. The van der Waals surface area contributed by atoms with Crippen LogP contribution < -0.4 is 4.90 Å². The summed E-state index contributed by atoms with van der Waals surface area (Å²) in [5, 5.41) is 9.09. The van der Waals surface area contributed by atoms with E-state index in [1.165, 1.54) is 16.7 Å². The molecule has 3 heterocycles. The summed E-state index contributed by atoms with van der Waals surface area (Å²) in [6.45, 7) is 2.74. The topological polar surface area (TPSA) is 90.8 Å². The molecule has 1 aromatic heterocycles. The lowest BCUT2D eigenvalue weighted by Crippen LogP contribution is -2.36. The summed E-state index contributed by atoms with van der Waals surface area (Å²) in [6.07, 6.45) is 5.86. The number of anilines is 1. The zero-order valence-corrected chi connectivity index (χ0v) is 17.9. The smallest absolute Gasteiger partial charge is 0.407 e. The van der Waals surface area contributed by atoms with E-state index in [0.29, 0.717) is 30.4 Å². The molecule has 160 valence electrons. The van der Waals surface area contributed by atoms with E-state index < -0.39 is 15.9 Å². The van der Waals surface area contributed by atoms with Crippen LogP contribution in [0.15, 0.2) is 41.4 Å². The Morgan fingerprint density at radius 1 is 1.17 bits per heavy atom. The van der Waals surface area contributed by atoms with E-state index in [-0.39, 0.29) is 0 Å². The zero-order chi connectivity index (χ0) is 21.3. The molecule has 0 saturated carbocycles. The fraction of sp³-hybridized carbons (Fsp3) is 0.455. The first kappa shape index (κ1) is 20.7. The SMILES string of the molecule is CS(=O)(=O)c1ccc2c(c1)CCCN2Cc1ccc(C2CCN(C(=O)O)CC2)cn1. The fourth-order valence-electron chi connectivity index (χ4n) is 4.42. The molecule has 1 fully saturated rings. The quantitative estimate of drug-likeness (QED) is 0.802. The van der Waals surface area contributed by atoms with Crippen molar-refractivity contribution in [1.82, 2.24) is 9.88 Å². The molecule has 1 saturated heterocycles. The van der Waals surface area contributed by atoms with Crippen LogP contribution in [-0.4, -0.2) is 55.4 Å². The number of benzene rings is 1. The Labute approximate surface area is 177 Å². The molecule has 2 aliphatic heterocycles. The first-order valence-electron chi connectivity index (χ1n) is 10.3. The van der Waals surface area contributed by atoms with Crippen molar-refractivity contribution >= 4 is 21.6 Å². The van der Waals surface area contributed by atoms with Crippen molar-refractivity contribution in [3.05, 3.63) is 53.3 Å². The van der Waals surface area contributed by atoms with Crippen molar-refractivity contribution in [3.63, 3.8) is 0 Å². The highest BCUT2D eigenvalue weighted by Crippen LogP contribution is 2.31. The van der Waals surface area contributed by atoms with Crippen LogP contribution >= 0.6 is 0 Å². The highest BCUT2D eigenvalue weighted by molar-refractivity contribution is 7.90. The number of nitrogens with zero attached hydrogens (tertiary/aromatic N) is 3. The lowest BCUT2D eigenvalue weighted by molar-refractivity contribution is 0.132. The molecule has 0 bridgehead atoms. The van der Waals surface area contributed by atoms with Gasteiger partial charge in [0.25, 0.3) is 0 Å². The number of fused-ring (bicyclic) bond motifs is 1. The highest BCUT2D eigenvalue weighted by Gasteiger charge is 2.24. The highest BCUT2D eigenvalue weighted by atomic mass is 32.2. The summed E-state index contributed by atoms with van der Waals surface area (Å²) in [6, 6.07) is 9.57. The summed E-state index contributed by atoms with van der Waals surface area (Å²) in [7, 11) is -3.20. The van der Waals surface area contributed by atoms with Crippen molar-refractivity contribution in [2.24, 2.45) is 0 Å². The fourth-order valence-corrected chi connectivity index (χ4v) is 5.09. The number of carbonyl (C=O) groups is 1. The molecule has 0 aliphatic carbocycles. The third-order valence-electron chi connectivity index (χ3n) is 6.13. The van der Waals surface area contributed by atoms with Gasteiger partial charge in [0.05, 0.1) is 17.1 Å². The Bertz CT molecular complexity index is 1030. The van der Waals surface area contributed by atoms with E-state index >= 15 is 0 Å². The predicted molar refractivity (Wildman–Crippen MR) is 115 cm³/mol. The molecule has 0 atom stereocenters. The Kier molecular flexibility index (Phi) is 5.69. The van der Waals surface area contributed by atoms with Crippen molar-refractivity contribution in [2.75, 3.05) is 30.8 Å². The van der Waals surface area contributed by atoms with Crippen LogP contribution in [0, 0.1) is 0 Å². The third kappa shape index (κ3) is 4.43. The zero-order valence-electron chi connectivity index (χ0n) is 17.1. The number of hydrogen-bond acceptors (Lipinski definition) is 5. The van der Waals surface area contributed by atoms with Gasteiger partial charge in [-0.2, -0.15) is 0 Å². The molecular weight excluding hydrogens is 402 g/mol. The largest absolute Gasteiger partial charge is 0.465 e. The number of carboxylic acid groups (broad SMARTS) is 1. The normalized spacial score (nSPS) is 17.6. The van der Waals surface area contributed by atoms with Crippen LogP contribution in [0.4, 0.5) is 10.5 Å². The van der Waals surface area contributed by atoms with Gasteiger partial charge in [0.1, 0.15) is 0 Å². The van der Waals surface area contributed by atoms with Crippen LogP contribution in [0.1, 0.15) is 42.0 Å². The molecule has 1 N–H and O–H groups in total. The van der Waals surface area contributed by atoms with Crippen molar-refractivity contribution in [3.8, 4) is 0 Å². The predicted octanol–water partition coefficient (Wildman–Crippen LogP) is 3.30. The molecule has 2 aromatic rings. The Balaban J connectivity index is 1.44. The lowest BCUT2D eigenvalue weighted by Gasteiger charge is -2.32. The Morgan fingerprint density at radius 2 is 1.93 bits per heavy atom. The van der Waals surface area contributed by atoms with Gasteiger partial charge < -0.3 is 14.9 Å². The number of sulfone groups is 1. The number of amides is 1. The number of aromatic nitrogens is 1. The van der Waals surface area contributed by atoms with Crippen LogP contribution in [0.3, 0.4) is 0 Å². The van der Waals surface area contributed by atoms with Crippen LogP contribution in [0.25, 0.3) is 0 Å². The van der Waals surface area contributed by atoms with Gasteiger partial charge in [0, 0.05) is 37.8 Å². The maximum absolute atomic E-state index is 11.8. The number of piperidine rings is 1. The van der Waals surface area contributed by atoms with Gasteiger partial charge in [-0.1, -0.05) is 6.07 Å². The summed E-state index contributed by atoms with van der Waals surface area (Å²) < 4.78 is 23.7. The molecule has 0 radical (unpaired) electrons. The summed E-state index contributed by atoms with van der Waals surface area (Å²) in [5.74, 6) is 0.354. The molecule has 2 aliphatic rings. The number of aryl methyl sites for hydroxylation is 1. The van der Waals surface area contributed by atoms with E-state index in [2.05, 4.69) is 22.0 Å². The van der Waals surface area contributed by atoms with Gasteiger partial charge in [0.15, 0.2) is 9.84 Å². The van der Waals surface area contributed by atoms with E-state index in [9.17, 15) is 13.2 Å². The summed E-state index contributed by atoms with van der Waals surface area (Å²) in [5.41, 5.74) is 4.30. The van der Waals surface area contributed by atoms with E-state index in [4.69, 9.17) is 5.11 Å². The number of rotatable bonds is 4. The van der Waals surface area contributed by atoms with Crippen LogP contribution in [-0.2, 0) is 22.8 Å². The average Bonchev–Trinajstić information content (AvgIpc) is 2.73. The van der Waals surface area contributed by atoms with Gasteiger partial charge in [-0.15, -0.1) is 0 Å². The maximum Gasteiger partial charge on any atom is 0.407 e. The van der Waals surface area contributed by atoms with Gasteiger partial charge in [-0.05, 0) is 67.0 Å². The van der Waals surface area contributed by atoms with E-state index in [1.54, 1.807) is 12.1 Å². The summed E-state index contributed by atoms with van der Waals surface area (Å²) >= 11 is 0. The summed E-state index contributed by atoms with van der Waals surface area (Å²) in [4.78, 5) is 19.8. The molecule has 0 spiro atoms. The van der Waals surface area contributed by atoms with E-state index in [0.717, 1.165) is 49.2 Å². The molecular formula is C22H27N3O4S. The monoisotopic (exact) mass is 429 g/mol. The molecule has 30 heavy (non-hydrogen) atoms. The van der Waals surface area contributed by atoms with Crippen LogP contribution in [0.5, 0.6) is 0 Å². The number of pyridine rings is 1. The van der Waals surface area contributed by atoms with Crippen LogP contribution in [0.2, 0.25) is 0 Å². The minimum absolute atomic E-state index is 0.354. The molecule has 0 unspecified atom stereocenters. The standard InChI is InChI=1S/C22H27N3O4S/c1-30(28,29)20-6-7-21-17(13-20)3-2-10-25(21)15-19-5-4-18(14-23-19)16-8-11-24(12-9-16)22(26)27/h4-7,13-14,16H,2-3,8-12,15H2,1H3,(H,26,27). The number of likely N-dealkylation sites (tertiary alicyclic amines) is 1. The van der Waals surface area contributed by atoms with Gasteiger partial charge in [-0.3, -0.25) is 4.98 Å². The lowest BCUT2D eigenvalue weighted by atomic mass is 9.90. The number of hydrogen-bond donors (Lipinski definition) is 1. The van der Waals surface area contributed by atoms with Gasteiger partial charge >= 0.3 is 6.09 Å². The Morgan fingerprint density at radius 3 is 2.57 bits per heavy atom. The van der Waals surface area contributed by atoms with Crippen molar-refractivity contribution < 1.29 is 18.3 Å². The first-order valence-corrected chi connectivity index (χ1v) is 12.2. The van der Waals surface area contributed by atoms with Gasteiger partial charge in [-0.25, -0.2) is 13.2 Å². The van der Waals surface area contributed by atoms with Crippen molar-refractivity contribution in [1.29, 1.82) is 0 Å².